The molecule has 0 spiro atoms. The molecule has 0 saturated heterocycles. The molecule has 0 amide bonds. The standard InChI is InChI=1S/C14H30N2O/c1-6-15-14(11-17)8-7-12(9-14)16(5)10-13(2,3)4/h12,15,17H,6-11H2,1-5H3. The highest BCUT2D eigenvalue weighted by atomic mass is 16.3. The van der Waals surface area contributed by atoms with E-state index >= 15 is 0 Å². The van der Waals surface area contributed by atoms with Crippen LogP contribution in [-0.4, -0.2) is 48.3 Å². The number of hydrogen-bond donors (Lipinski definition) is 2. The maximum absolute atomic E-state index is 9.60. The largest absolute Gasteiger partial charge is 0.394 e. The zero-order valence-corrected chi connectivity index (χ0v) is 12.2. The van der Waals surface area contributed by atoms with Crippen LogP contribution in [0.4, 0.5) is 0 Å². The van der Waals surface area contributed by atoms with Crippen LogP contribution >= 0.6 is 0 Å². The average molecular weight is 242 g/mol. The fraction of sp³-hybridized carbons (Fsp3) is 1.00. The van der Waals surface area contributed by atoms with Crippen molar-refractivity contribution in [3.05, 3.63) is 0 Å². The van der Waals surface area contributed by atoms with Crippen molar-refractivity contribution >= 4 is 0 Å². The fourth-order valence-electron chi connectivity index (χ4n) is 3.09. The Hall–Kier alpha value is -0.120. The van der Waals surface area contributed by atoms with Gasteiger partial charge in [-0.3, -0.25) is 0 Å². The Kier molecular flexibility index (Phi) is 4.99. The lowest BCUT2D eigenvalue weighted by atomic mass is 9.94. The third-order valence-electron chi connectivity index (χ3n) is 3.78. The average Bonchev–Trinajstić information content (AvgIpc) is 2.61. The van der Waals surface area contributed by atoms with Crippen LogP contribution < -0.4 is 5.32 Å². The van der Waals surface area contributed by atoms with Gasteiger partial charge in [-0.2, -0.15) is 0 Å². The summed E-state index contributed by atoms with van der Waals surface area (Å²) in [6.07, 6.45) is 3.36. The van der Waals surface area contributed by atoms with Crippen LogP contribution in [0.15, 0.2) is 0 Å². The summed E-state index contributed by atoms with van der Waals surface area (Å²) in [5.41, 5.74) is 0.322. The predicted molar refractivity (Wildman–Crippen MR) is 73.2 cm³/mol. The summed E-state index contributed by atoms with van der Waals surface area (Å²) in [6.45, 7) is 11.3. The molecule has 2 N–H and O–H groups in total. The Bertz CT molecular complexity index is 237. The maximum atomic E-state index is 9.60. The molecule has 3 heteroatoms. The highest BCUT2D eigenvalue weighted by Gasteiger charge is 2.39. The lowest BCUT2D eigenvalue weighted by molar-refractivity contribution is 0.137. The molecule has 2 unspecified atom stereocenters. The van der Waals surface area contributed by atoms with E-state index in [4.69, 9.17) is 0 Å². The molecule has 1 aliphatic carbocycles. The van der Waals surface area contributed by atoms with Gasteiger partial charge in [0.25, 0.3) is 0 Å². The summed E-state index contributed by atoms with van der Waals surface area (Å²) in [6, 6.07) is 0.612. The van der Waals surface area contributed by atoms with E-state index in [1.165, 1.54) is 6.42 Å². The van der Waals surface area contributed by atoms with Crippen molar-refractivity contribution in [2.45, 2.75) is 58.5 Å². The van der Waals surface area contributed by atoms with Crippen molar-refractivity contribution in [3.8, 4) is 0 Å². The van der Waals surface area contributed by atoms with Gasteiger partial charge in [0.05, 0.1) is 6.61 Å². The van der Waals surface area contributed by atoms with Crippen molar-refractivity contribution in [3.63, 3.8) is 0 Å². The van der Waals surface area contributed by atoms with E-state index in [1.807, 2.05) is 0 Å². The molecule has 0 aromatic rings. The summed E-state index contributed by atoms with van der Waals surface area (Å²) in [5.74, 6) is 0. The van der Waals surface area contributed by atoms with Crippen molar-refractivity contribution in [1.29, 1.82) is 0 Å². The minimum absolute atomic E-state index is 0.0223. The van der Waals surface area contributed by atoms with E-state index in [-0.39, 0.29) is 12.1 Å². The zero-order chi connectivity index (χ0) is 13.1. The first-order valence-electron chi connectivity index (χ1n) is 6.88. The van der Waals surface area contributed by atoms with E-state index in [1.54, 1.807) is 0 Å². The van der Waals surface area contributed by atoms with Crippen molar-refractivity contribution in [2.75, 3.05) is 26.7 Å². The predicted octanol–water partition coefficient (Wildman–Crippen LogP) is 1.86. The molecule has 0 heterocycles. The topological polar surface area (TPSA) is 35.5 Å². The molecule has 102 valence electrons. The Morgan fingerprint density at radius 2 is 2.06 bits per heavy atom. The number of aliphatic hydroxyl groups excluding tert-OH is 1. The van der Waals surface area contributed by atoms with Gasteiger partial charge in [-0.05, 0) is 38.3 Å². The van der Waals surface area contributed by atoms with Gasteiger partial charge < -0.3 is 15.3 Å². The summed E-state index contributed by atoms with van der Waals surface area (Å²) < 4.78 is 0. The van der Waals surface area contributed by atoms with Crippen LogP contribution in [0.5, 0.6) is 0 Å². The van der Waals surface area contributed by atoms with Gasteiger partial charge in [0.1, 0.15) is 0 Å². The molecular weight excluding hydrogens is 212 g/mol. The van der Waals surface area contributed by atoms with E-state index in [9.17, 15) is 5.11 Å². The van der Waals surface area contributed by atoms with Gasteiger partial charge in [0.2, 0.25) is 0 Å². The van der Waals surface area contributed by atoms with Gasteiger partial charge in [0.15, 0.2) is 0 Å². The third kappa shape index (κ3) is 4.23. The van der Waals surface area contributed by atoms with Gasteiger partial charge >= 0.3 is 0 Å². The first-order valence-corrected chi connectivity index (χ1v) is 6.88. The van der Waals surface area contributed by atoms with E-state index < -0.39 is 0 Å². The van der Waals surface area contributed by atoms with Crippen LogP contribution in [0, 0.1) is 5.41 Å². The Balaban J connectivity index is 2.54. The van der Waals surface area contributed by atoms with Gasteiger partial charge in [-0.1, -0.05) is 27.7 Å². The molecule has 0 aromatic heterocycles. The minimum Gasteiger partial charge on any atom is -0.394 e. The van der Waals surface area contributed by atoms with Crippen molar-refractivity contribution in [2.24, 2.45) is 5.41 Å². The van der Waals surface area contributed by atoms with Crippen LogP contribution in [-0.2, 0) is 0 Å². The second-order valence-corrected chi connectivity index (χ2v) is 6.84. The van der Waals surface area contributed by atoms with Crippen LogP contribution in [0.25, 0.3) is 0 Å². The maximum Gasteiger partial charge on any atom is 0.0613 e. The minimum atomic E-state index is -0.0223. The quantitative estimate of drug-likeness (QED) is 0.772. The van der Waals surface area contributed by atoms with Crippen LogP contribution in [0.1, 0.15) is 47.0 Å². The molecule has 1 aliphatic rings. The molecule has 1 rings (SSSR count). The van der Waals surface area contributed by atoms with Crippen molar-refractivity contribution < 1.29 is 5.11 Å². The number of nitrogens with one attached hydrogen (secondary N) is 1. The van der Waals surface area contributed by atoms with Gasteiger partial charge in [-0.15, -0.1) is 0 Å². The molecule has 3 nitrogen and oxygen atoms in total. The smallest absolute Gasteiger partial charge is 0.0613 e. The molecular formula is C14H30N2O. The summed E-state index contributed by atoms with van der Waals surface area (Å²) in [4.78, 5) is 2.47. The first kappa shape index (κ1) is 14.9. The van der Waals surface area contributed by atoms with Crippen LogP contribution in [0.3, 0.4) is 0 Å². The van der Waals surface area contributed by atoms with Gasteiger partial charge in [-0.25, -0.2) is 0 Å². The molecule has 0 aromatic carbocycles. The monoisotopic (exact) mass is 242 g/mol. The van der Waals surface area contributed by atoms with Crippen molar-refractivity contribution in [1.82, 2.24) is 10.2 Å². The number of rotatable bonds is 5. The third-order valence-corrected chi connectivity index (χ3v) is 3.78. The highest BCUT2D eigenvalue weighted by Crippen LogP contribution is 2.33. The summed E-state index contributed by atoms with van der Waals surface area (Å²) in [5, 5.41) is 13.1. The van der Waals surface area contributed by atoms with Gasteiger partial charge in [0, 0.05) is 18.1 Å². The fourth-order valence-corrected chi connectivity index (χ4v) is 3.09. The Morgan fingerprint density at radius 1 is 1.41 bits per heavy atom. The van der Waals surface area contributed by atoms with Crippen LogP contribution in [0.2, 0.25) is 0 Å². The lowest BCUT2D eigenvalue weighted by Crippen LogP contribution is -2.48. The Labute approximate surface area is 107 Å². The first-order chi connectivity index (χ1) is 7.82. The molecule has 2 atom stereocenters. The normalized spacial score (nSPS) is 30.2. The summed E-state index contributed by atoms with van der Waals surface area (Å²) >= 11 is 0. The second-order valence-electron chi connectivity index (χ2n) is 6.84. The number of hydrogen-bond acceptors (Lipinski definition) is 3. The number of aliphatic hydroxyl groups is 1. The lowest BCUT2D eigenvalue weighted by Gasteiger charge is -2.33. The molecule has 1 fully saturated rings. The molecule has 0 radical (unpaired) electrons. The second kappa shape index (κ2) is 5.68. The van der Waals surface area contributed by atoms with E-state index in [2.05, 4.69) is 45.0 Å². The number of nitrogens with zero attached hydrogens (tertiary/aromatic N) is 1. The van der Waals surface area contributed by atoms with E-state index in [0.717, 1.165) is 25.9 Å². The zero-order valence-electron chi connectivity index (χ0n) is 12.2. The van der Waals surface area contributed by atoms with E-state index in [0.29, 0.717) is 11.5 Å². The SMILES string of the molecule is CCNC1(CO)CCC(N(C)CC(C)(C)C)C1. The molecule has 1 saturated carbocycles. The number of likely N-dealkylation sites (N-methyl/N-ethyl adjacent to an activating group) is 1. The summed E-state index contributed by atoms with van der Waals surface area (Å²) in [7, 11) is 2.22. The Morgan fingerprint density at radius 3 is 2.53 bits per heavy atom. The highest BCUT2D eigenvalue weighted by molar-refractivity contribution is 4.99. The molecule has 0 bridgehead atoms. The molecule has 0 aliphatic heterocycles. The molecule has 17 heavy (non-hydrogen) atoms.